The zero-order chi connectivity index (χ0) is 9.56. The number of hydrogen-bond donors (Lipinski definition) is 1. The van der Waals surface area contributed by atoms with Crippen molar-refractivity contribution in [3.05, 3.63) is 35.4 Å². The van der Waals surface area contributed by atoms with Gasteiger partial charge in [-0.15, -0.1) is 0 Å². The molecule has 0 aliphatic carbocycles. The molecule has 0 heterocycles. The summed E-state index contributed by atoms with van der Waals surface area (Å²) in [5.41, 5.74) is 2.66. The van der Waals surface area contributed by atoms with E-state index in [0.717, 1.165) is 0 Å². The molecule has 1 unspecified atom stereocenters. The molecule has 4 heteroatoms. The van der Waals surface area contributed by atoms with Crippen LogP contribution in [-0.2, 0) is 10.1 Å². The number of rotatable bonds is 0. The maximum Gasteiger partial charge on any atom is 0.00367 e. The van der Waals surface area contributed by atoms with Crippen LogP contribution in [0.1, 0.15) is 11.1 Å². The van der Waals surface area contributed by atoms with Crippen LogP contribution in [0, 0.1) is 13.8 Å². The minimum atomic E-state index is -2.17. The van der Waals surface area contributed by atoms with Crippen LogP contribution >= 0.6 is 11.7 Å². The second-order valence-electron chi connectivity index (χ2n) is 2.37. The van der Waals surface area contributed by atoms with Crippen LogP contribution in [0.5, 0.6) is 0 Å². The van der Waals surface area contributed by atoms with Crippen molar-refractivity contribution in [2.75, 3.05) is 0 Å². The lowest BCUT2D eigenvalue weighted by Crippen LogP contribution is -1.70. The molecule has 0 radical (unpaired) electrons. The first-order chi connectivity index (χ1) is 5.52. The monoisotopic (exact) mass is 203 g/mol. The van der Waals surface area contributed by atoms with Crippen molar-refractivity contribution in [1.82, 2.24) is 0 Å². The van der Waals surface area contributed by atoms with E-state index in [4.69, 9.17) is 8.76 Å². The van der Waals surface area contributed by atoms with Crippen molar-refractivity contribution in [3.8, 4) is 0 Å². The van der Waals surface area contributed by atoms with Crippen LogP contribution in [0.25, 0.3) is 0 Å². The summed E-state index contributed by atoms with van der Waals surface area (Å²) >= 11 is 2.88. The third-order valence-corrected chi connectivity index (χ3v) is 1.22. The molecule has 2 nitrogen and oxygen atoms in total. The van der Waals surface area contributed by atoms with Crippen LogP contribution < -0.4 is 0 Å². The first kappa shape index (κ1) is 11.7. The predicted octanol–water partition coefficient (Wildman–Crippen LogP) is 2.01. The lowest BCUT2D eigenvalue weighted by Gasteiger charge is -1.90. The van der Waals surface area contributed by atoms with Gasteiger partial charge in [0.25, 0.3) is 0 Å². The zero-order valence-corrected chi connectivity index (χ0v) is 8.69. The fraction of sp³-hybridized carbons (Fsp3) is 0.250. The highest BCUT2D eigenvalue weighted by atomic mass is 33.1. The second-order valence-corrected chi connectivity index (χ2v) is 3.70. The highest BCUT2D eigenvalue weighted by Crippen LogP contribution is 1.99. The van der Waals surface area contributed by atoms with Crippen LogP contribution in [0.4, 0.5) is 0 Å². The highest BCUT2D eigenvalue weighted by Gasteiger charge is 1.79. The van der Waals surface area contributed by atoms with E-state index in [2.05, 4.69) is 49.8 Å². The Morgan fingerprint density at radius 1 is 1.17 bits per heavy atom. The Hall–Kier alpha value is -0.320. The van der Waals surface area contributed by atoms with Gasteiger partial charge in [-0.05, 0) is 13.8 Å². The molecule has 0 bridgehead atoms. The minimum Gasteiger partial charge on any atom is -0.764 e. The van der Waals surface area contributed by atoms with Crippen LogP contribution in [0.15, 0.2) is 24.3 Å². The van der Waals surface area contributed by atoms with Crippen LogP contribution in [0.3, 0.4) is 0 Å². The van der Waals surface area contributed by atoms with Gasteiger partial charge in [0, 0.05) is 10.1 Å². The summed E-state index contributed by atoms with van der Waals surface area (Å²) in [7, 11) is -2.17. The molecule has 1 aromatic carbocycles. The highest BCUT2D eigenvalue weighted by molar-refractivity contribution is 8.57. The lowest BCUT2D eigenvalue weighted by molar-refractivity contribution is 0.554. The quantitative estimate of drug-likeness (QED) is 0.398. The smallest absolute Gasteiger partial charge is 0.00367 e. The molecule has 0 N–H and O–H groups in total. The number of aryl methyl sites for hydroxylation is 2. The Morgan fingerprint density at radius 2 is 1.33 bits per heavy atom. The van der Waals surface area contributed by atoms with E-state index in [1.807, 2.05) is 0 Å². The zero-order valence-electron chi connectivity index (χ0n) is 6.98. The van der Waals surface area contributed by atoms with Gasteiger partial charge in [-0.1, -0.05) is 47.1 Å². The molecule has 68 valence electrons. The summed E-state index contributed by atoms with van der Waals surface area (Å²) in [6.07, 6.45) is 0. The summed E-state index contributed by atoms with van der Waals surface area (Å²) in [6.45, 7) is 4.19. The van der Waals surface area contributed by atoms with Gasteiger partial charge in [-0.25, -0.2) is 0 Å². The van der Waals surface area contributed by atoms with Crippen molar-refractivity contribution < 1.29 is 8.76 Å². The maximum absolute atomic E-state index is 8.86. The molecule has 0 amide bonds. The molecule has 0 saturated heterocycles. The number of benzene rings is 1. The standard InChI is InChI=1S/C8H10.H2O2S2/c1-7-3-5-8(2)6-4-7;1-4(2)3/h3-6H,1-2H3;(H2,1,2,3)/p-1. The molecule has 0 saturated carbocycles. The molecule has 0 fully saturated rings. The van der Waals surface area contributed by atoms with E-state index in [9.17, 15) is 0 Å². The van der Waals surface area contributed by atoms with Gasteiger partial charge >= 0.3 is 0 Å². The van der Waals surface area contributed by atoms with E-state index in [1.165, 1.54) is 11.1 Å². The Kier molecular flexibility index (Phi) is 6.06. The van der Waals surface area contributed by atoms with Gasteiger partial charge in [0.2, 0.25) is 0 Å². The van der Waals surface area contributed by atoms with Crippen molar-refractivity contribution in [1.29, 1.82) is 0 Å². The molecule has 1 atom stereocenters. The fourth-order valence-electron chi connectivity index (χ4n) is 0.637. The average molecular weight is 203 g/mol. The first-order valence-corrected chi connectivity index (χ1v) is 5.46. The summed E-state index contributed by atoms with van der Waals surface area (Å²) < 4.78 is 17.7. The third-order valence-electron chi connectivity index (χ3n) is 1.22. The second kappa shape index (κ2) is 6.22. The Bertz CT molecular complexity index is 219. The van der Waals surface area contributed by atoms with E-state index in [-0.39, 0.29) is 0 Å². The third kappa shape index (κ3) is 7.78. The van der Waals surface area contributed by atoms with Crippen molar-refractivity contribution >= 4 is 21.8 Å². The van der Waals surface area contributed by atoms with Gasteiger partial charge in [0.15, 0.2) is 0 Å². The van der Waals surface area contributed by atoms with Crippen molar-refractivity contribution in [3.63, 3.8) is 0 Å². The van der Waals surface area contributed by atoms with E-state index in [0.29, 0.717) is 0 Å². The van der Waals surface area contributed by atoms with Gasteiger partial charge in [-0.3, -0.25) is 4.21 Å². The number of thiol groups is 1. The van der Waals surface area contributed by atoms with Gasteiger partial charge < -0.3 is 4.55 Å². The first-order valence-electron chi connectivity index (χ1n) is 3.34. The van der Waals surface area contributed by atoms with E-state index >= 15 is 0 Å². The largest absolute Gasteiger partial charge is 0.764 e. The van der Waals surface area contributed by atoms with Crippen molar-refractivity contribution in [2.24, 2.45) is 0 Å². The maximum atomic E-state index is 8.86. The summed E-state index contributed by atoms with van der Waals surface area (Å²) in [6, 6.07) is 8.48. The normalized spacial score (nSPS) is 11.3. The van der Waals surface area contributed by atoms with E-state index < -0.39 is 10.1 Å². The van der Waals surface area contributed by atoms with Gasteiger partial charge in [0.05, 0.1) is 0 Å². The average Bonchev–Trinajstić information content (AvgIpc) is 1.94. The molecule has 1 rings (SSSR count). The fourth-order valence-corrected chi connectivity index (χ4v) is 0.637. The summed E-state index contributed by atoms with van der Waals surface area (Å²) in [5.74, 6) is 0. The molecule has 0 spiro atoms. The molecule has 12 heavy (non-hydrogen) atoms. The molecule has 0 aliphatic heterocycles. The molecule has 0 aromatic heterocycles. The van der Waals surface area contributed by atoms with Crippen molar-refractivity contribution in [2.45, 2.75) is 13.8 Å². The van der Waals surface area contributed by atoms with Gasteiger partial charge in [-0.2, -0.15) is 0 Å². The predicted molar refractivity (Wildman–Crippen MR) is 53.8 cm³/mol. The molecule has 1 aromatic rings. The van der Waals surface area contributed by atoms with Crippen LogP contribution in [0.2, 0.25) is 0 Å². The molecule has 0 aliphatic rings. The van der Waals surface area contributed by atoms with E-state index in [1.54, 1.807) is 0 Å². The SMILES string of the molecule is Cc1ccc(C)cc1.O=S([O-])S. The lowest BCUT2D eigenvalue weighted by atomic mass is 10.2. The van der Waals surface area contributed by atoms with Crippen LogP contribution in [-0.4, -0.2) is 8.76 Å². The summed E-state index contributed by atoms with van der Waals surface area (Å²) in [5, 5.41) is 0. The molecular formula is C8H11O2S2-. The Labute approximate surface area is 80.1 Å². The van der Waals surface area contributed by atoms with Gasteiger partial charge in [0.1, 0.15) is 0 Å². The molecular weight excluding hydrogens is 192 g/mol. The summed E-state index contributed by atoms with van der Waals surface area (Å²) in [4.78, 5) is 0. The Morgan fingerprint density at radius 3 is 1.50 bits per heavy atom. The number of hydrogen-bond acceptors (Lipinski definition) is 2. The minimum absolute atomic E-state index is 1.33. The Balaban J connectivity index is 0.000000261. The topological polar surface area (TPSA) is 40.1 Å².